The molecule has 0 aromatic carbocycles. The van der Waals surface area contributed by atoms with E-state index < -0.39 is 0 Å². The molecule has 114 valence electrons. The SMILES string of the molecule is CC(NCC(C(C)C)C(C)C)c1cc2c(s1)CCCC2. The van der Waals surface area contributed by atoms with E-state index in [0.29, 0.717) is 6.04 Å². The van der Waals surface area contributed by atoms with Crippen LogP contribution in [-0.2, 0) is 12.8 Å². The Kier molecular flexibility index (Phi) is 5.68. The second-order valence-electron chi connectivity index (χ2n) is 7.09. The van der Waals surface area contributed by atoms with E-state index in [-0.39, 0.29) is 0 Å². The van der Waals surface area contributed by atoms with Crippen LogP contribution in [-0.4, -0.2) is 6.54 Å². The smallest absolute Gasteiger partial charge is 0.0386 e. The Labute approximate surface area is 129 Å². The van der Waals surface area contributed by atoms with Crippen LogP contribution in [0.1, 0.15) is 68.8 Å². The van der Waals surface area contributed by atoms with Crippen molar-refractivity contribution in [2.75, 3.05) is 6.54 Å². The monoisotopic (exact) mass is 293 g/mol. The van der Waals surface area contributed by atoms with Crippen molar-refractivity contribution in [1.29, 1.82) is 0 Å². The number of thiophene rings is 1. The summed E-state index contributed by atoms with van der Waals surface area (Å²) < 4.78 is 0. The summed E-state index contributed by atoms with van der Waals surface area (Å²) in [5.41, 5.74) is 1.63. The summed E-state index contributed by atoms with van der Waals surface area (Å²) in [6.07, 6.45) is 5.39. The van der Waals surface area contributed by atoms with Crippen LogP contribution >= 0.6 is 11.3 Å². The maximum atomic E-state index is 3.78. The topological polar surface area (TPSA) is 12.0 Å². The van der Waals surface area contributed by atoms with Crippen molar-refractivity contribution < 1.29 is 0 Å². The number of rotatable bonds is 6. The summed E-state index contributed by atoms with van der Waals surface area (Å²) >= 11 is 2.05. The largest absolute Gasteiger partial charge is 0.309 e. The summed E-state index contributed by atoms with van der Waals surface area (Å²) in [7, 11) is 0. The van der Waals surface area contributed by atoms with Gasteiger partial charge in [-0.1, -0.05) is 27.7 Å². The zero-order valence-corrected chi connectivity index (χ0v) is 14.6. The number of fused-ring (bicyclic) bond motifs is 1. The number of hydrogen-bond donors (Lipinski definition) is 1. The van der Waals surface area contributed by atoms with Crippen LogP contribution in [0.5, 0.6) is 0 Å². The number of hydrogen-bond acceptors (Lipinski definition) is 2. The van der Waals surface area contributed by atoms with E-state index in [1.165, 1.54) is 25.7 Å². The van der Waals surface area contributed by atoms with E-state index in [2.05, 4.69) is 46.0 Å². The molecule has 0 saturated heterocycles. The van der Waals surface area contributed by atoms with Crippen molar-refractivity contribution in [2.24, 2.45) is 17.8 Å². The van der Waals surface area contributed by atoms with Gasteiger partial charge < -0.3 is 5.32 Å². The molecule has 1 heterocycles. The van der Waals surface area contributed by atoms with Gasteiger partial charge in [0.15, 0.2) is 0 Å². The first-order valence-electron chi connectivity index (χ1n) is 8.34. The third-order valence-corrected chi connectivity index (χ3v) is 6.23. The van der Waals surface area contributed by atoms with E-state index in [1.54, 1.807) is 15.3 Å². The molecule has 1 aliphatic carbocycles. The highest BCUT2D eigenvalue weighted by atomic mass is 32.1. The molecule has 0 bridgehead atoms. The fraction of sp³-hybridized carbons (Fsp3) is 0.778. The summed E-state index contributed by atoms with van der Waals surface area (Å²) in [5.74, 6) is 2.28. The molecule has 1 atom stereocenters. The average Bonchev–Trinajstić information content (AvgIpc) is 2.81. The summed E-state index contributed by atoms with van der Waals surface area (Å²) in [6, 6.07) is 2.97. The highest BCUT2D eigenvalue weighted by Crippen LogP contribution is 2.33. The lowest BCUT2D eigenvalue weighted by Gasteiger charge is -2.26. The minimum absolute atomic E-state index is 0.505. The molecular formula is C18H31NS. The van der Waals surface area contributed by atoms with Gasteiger partial charge in [0, 0.05) is 15.8 Å². The van der Waals surface area contributed by atoms with Gasteiger partial charge in [-0.3, -0.25) is 0 Å². The Balaban J connectivity index is 1.94. The lowest BCUT2D eigenvalue weighted by atomic mass is 9.85. The van der Waals surface area contributed by atoms with Crippen molar-refractivity contribution in [3.8, 4) is 0 Å². The van der Waals surface area contributed by atoms with Crippen LogP contribution in [0.25, 0.3) is 0 Å². The normalized spacial score (nSPS) is 17.0. The van der Waals surface area contributed by atoms with Crippen molar-refractivity contribution in [1.82, 2.24) is 5.32 Å². The zero-order chi connectivity index (χ0) is 14.7. The molecule has 1 aliphatic rings. The fourth-order valence-electron chi connectivity index (χ4n) is 3.38. The molecule has 1 aromatic heterocycles. The predicted molar refractivity (Wildman–Crippen MR) is 90.5 cm³/mol. The van der Waals surface area contributed by atoms with Crippen molar-refractivity contribution in [3.63, 3.8) is 0 Å². The number of aryl methyl sites for hydroxylation is 2. The summed E-state index contributed by atoms with van der Waals surface area (Å²) in [4.78, 5) is 3.20. The van der Waals surface area contributed by atoms with E-state index in [1.807, 2.05) is 11.3 Å². The van der Waals surface area contributed by atoms with Gasteiger partial charge >= 0.3 is 0 Å². The van der Waals surface area contributed by atoms with E-state index in [0.717, 1.165) is 24.3 Å². The maximum Gasteiger partial charge on any atom is 0.0386 e. The van der Waals surface area contributed by atoms with E-state index in [9.17, 15) is 0 Å². The Hall–Kier alpha value is -0.340. The van der Waals surface area contributed by atoms with Crippen LogP contribution in [0.2, 0.25) is 0 Å². The highest BCUT2D eigenvalue weighted by molar-refractivity contribution is 7.12. The Bertz CT molecular complexity index is 388. The Morgan fingerprint density at radius 2 is 1.70 bits per heavy atom. The standard InChI is InChI=1S/C18H31NS/c1-12(2)16(13(3)4)11-19-14(5)18-10-15-8-6-7-9-17(15)20-18/h10,12-14,16,19H,6-9,11H2,1-5H3. The minimum atomic E-state index is 0.505. The van der Waals surface area contributed by atoms with Crippen LogP contribution in [0.15, 0.2) is 6.07 Å². The molecule has 0 amide bonds. The lowest BCUT2D eigenvalue weighted by Crippen LogP contribution is -2.31. The maximum absolute atomic E-state index is 3.78. The summed E-state index contributed by atoms with van der Waals surface area (Å²) in [6.45, 7) is 12.9. The molecule has 0 radical (unpaired) electrons. The van der Waals surface area contributed by atoms with Gasteiger partial charge in [-0.2, -0.15) is 0 Å². The molecule has 0 spiro atoms. The second-order valence-corrected chi connectivity index (χ2v) is 8.25. The van der Waals surface area contributed by atoms with Crippen LogP contribution in [0, 0.1) is 17.8 Å². The average molecular weight is 294 g/mol. The minimum Gasteiger partial charge on any atom is -0.309 e. The first kappa shape index (κ1) is 16.0. The van der Waals surface area contributed by atoms with E-state index in [4.69, 9.17) is 0 Å². The third kappa shape index (κ3) is 3.85. The van der Waals surface area contributed by atoms with Gasteiger partial charge in [0.1, 0.15) is 0 Å². The first-order valence-corrected chi connectivity index (χ1v) is 9.15. The Morgan fingerprint density at radius 3 is 2.30 bits per heavy atom. The molecule has 1 aromatic rings. The lowest BCUT2D eigenvalue weighted by molar-refractivity contribution is 0.268. The third-order valence-electron chi connectivity index (χ3n) is 4.81. The fourth-order valence-corrected chi connectivity index (χ4v) is 4.67. The molecule has 2 heteroatoms. The zero-order valence-electron chi connectivity index (χ0n) is 13.8. The number of nitrogens with one attached hydrogen (secondary N) is 1. The van der Waals surface area contributed by atoms with Gasteiger partial charge in [-0.15, -0.1) is 11.3 Å². The van der Waals surface area contributed by atoms with Gasteiger partial charge in [0.05, 0.1) is 0 Å². The summed E-state index contributed by atoms with van der Waals surface area (Å²) in [5, 5.41) is 3.78. The molecule has 0 aliphatic heterocycles. The van der Waals surface area contributed by atoms with E-state index >= 15 is 0 Å². The molecule has 1 N–H and O–H groups in total. The van der Waals surface area contributed by atoms with Crippen molar-refractivity contribution in [3.05, 3.63) is 21.4 Å². The van der Waals surface area contributed by atoms with Gasteiger partial charge in [-0.05, 0) is 68.5 Å². The van der Waals surface area contributed by atoms with Crippen molar-refractivity contribution >= 4 is 11.3 Å². The molecule has 20 heavy (non-hydrogen) atoms. The van der Waals surface area contributed by atoms with Gasteiger partial charge in [0.2, 0.25) is 0 Å². The molecule has 0 saturated carbocycles. The molecule has 0 fully saturated rings. The second kappa shape index (κ2) is 7.09. The van der Waals surface area contributed by atoms with Crippen LogP contribution in [0.3, 0.4) is 0 Å². The molecular weight excluding hydrogens is 262 g/mol. The quantitative estimate of drug-likeness (QED) is 0.759. The molecule has 1 nitrogen and oxygen atoms in total. The Morgan fingerprint density at radius 1 is 1.05 bits per heavy atom. The predicted octanol–water partition coefficient (Wildman–Crippen LogP) is 5.21. The molecule has 2 rings (SSSR count). The first-order chi connectivity index (χ1) is 9.49. The van der Waals surface area contributed by atoms with Gasteiger partial charge in [0.25, 0.3) is 0 Å². The molecule has 1 unspecified atom stereocenters. The van der Waals surface area contributed by atoms with Crippen LogP contribution < -0.4 is 5.32 Å². The van der Waals surface area contributed by atoms with Crippen molar-refractivity contribution in [2.45, 2.75) is 66.3 Å². The highest BCUT2D eigenvalue weighted by Gasteiger charge is 2.20. The van der Waals surface area contributed by atoms with Crippen LogP contribution in [0.4, 0.5) is 0 Å². The van der Waals surface area contributed by atoms with Gasteiger partial charge in [-0.25, -0.2) is 0 Å².